The lowest BCUT2D eigenvalue weighted by Gasteiger charge is -2.46. The second kappa shape index (κ2) is 27.1. The summed E-state index contributed by atoms with van der Waals surface area (Å²) in [5.74, 6) is -1.14. The van der Waals surface area contributed by atoms with Crippen molar-refractivity contribution in [2.75, 3.05) is 19.8 Å². The second-order valence-corrected chi connectivity index (χ2v) is 19.6. The summed E-state index contributed by atoms with van der Waals surface area (Å²) in [6.07, 6.45) is -7.02. The van der Waals surface area contributed by atoms with E-state index in [1.54, 1.807) is 4.90 Å². The fraction of sp³-hybridized carbons (Fsp3) is 0.328. The van der Waals surface area contributed by atoms with Crippen molar-refractivity contribution in [1.29, 1.82) is 0 Å². The molecular formula is C64H67NO11. The average Bonchev–Trinajstić information content (AvgIpc) is 4.11. The van der Waals surface area contributed by atoms with E-state index in [0.29, 0.717) is 13.2 Å². The highest BCUT2D eigenvalue weighted by atomic mass is 16.7. The van der Waals surface area contributed by atoms with Crippen molar-refractivity contribution >= 4 is 5.91 Å². The average molecular weight is 1030 g/mol. The molecule has 1 N–H and O–H groups in total. The van der Waals surface area contributed by atoms with Gasteiger partial charge in [0.05, 0.1) is 78.2 Å². The molecule has 0 unspecified atom stereocenters. The molecule has 394 valence electrons. The minimum atomic E-state index is -1.21. The van der Waals surface area contributed by atoms with Crippen LogP contribution < -0.4 is 0 Å². The van der Waals surface area contributed by atoms with E-state index in [4.69, 9.17) is 42.6 Å². The number of hydrogen-bond donors (Lipinski definition) is 1. The number of carbonyl (C=O) groups is 1. The van der Waals surface area contributed by atoms with Crippen molar-refractivity contribution in [1.82, 2.24) is 4.90 Å². The maximum absolute atomic E-state index is 15.7. The summed E-state index contributed by atoms with van der Waals surface area (Å²) >= 11 is 0. The Hall–Kier alpha value is -6.39. The molecule has 3 saturated heterocycles. The first-order valence-corrected chi connectivity index (χ1v) is 26.3. The van der Waals surface area contributed by atoms with Crippen LogP contribution in [0.4, 0.5) is 0 Å². The van der Waals surface area contributed by atoms with E-state index in [2.05, 4.69) is 0 Å². The van der Waals surface area contributed by atoms with Crippen molar-refractivity contribution in [2.24, 2.45) is 5.92 Å². The highest BCUT2D eigenvalue weighted by Crippen LogP contribution is 2.44. The van der Waals surface area contributed by atoms with Crippen molar-refractivity contribution in [2.45, 2.75) is 107 Å². The van der Waals surface area contributed by atoms with Gasteiger partial charge in [0.15, 0.2) is 6.29 Å². The van der Waals surface area contributed by atoms with Gasteiger partial charge >= 0.3 is 0 Å². The predicted molar refractivity (Wildman–Crippen MR) is 286 cm³/mol. The maximum Gasteiger partial charge on any atom is 0.253 e. The molecule has 0 radical (unpaired) electrons. The number of ether oxygens (including phenoxy) is 9. The van der Waals surface area contributed by atoms with E-state index >= 15 is 4.79 Å². The maximum atomic E-state index is 15.7. The highest BCUT2D eigenvalue weighted by Gasteiger charge is 2.64. The molecule has 3 fully saturated rings. The first-order chi connectivity index (χ1) is 37.6. The number of nitrogens with zero attached hydrogens (tertiary/aromatic N) is 1. The zero-order valence-electron chi connectivity index (χ0n) is 42.6. The van der Waals surface area contributed by atoms with Gasteiger partial charge in [0, 0.05) is 5.92 Å². The van der Waals surface area contributed by atoms with Crippen LogP contribution in [-0.4, -0.2) is 96.8 Å². The minimum absolute atomic E-state index is 0.0955. The Kier molecular flexibility index (Phi) is 18.9. The smallest absolute Gasteiger partial charge is 0.253 e. The lowest BCUT2D eigenvalue weighted by Crippen LogP contribution is -2.62. The summed E-state index contributed by atoms with van der Waals surface area (Å²) in [6.45, 7) is 1.61. The van der Waals surface area contributed by atoms with E-state index in [1.807, 2.05) is 212 Å². The Morgan fingerprint density at radius 2 is 0.737 bits per heavy atom. The molecule has 0 bridgehead atoms. The van der Waals surface area contributed by atoms with Gasteiger partial charge in [-0.25, -0.2) is 0 Å². The lowest BCUT2D eigenvalue weighted by molar-refractivity contribution is -0.336. The summed E-state index contributed by atoms with van der Waals surface area (Å²) in [6, 6.07) is 68.2. The summed E-state index contributed by atoms with van der Waals surface area (Å²) < 4.78 is 62.0. The van der Waals surface area contributed by atoms with Gasteiger partial charge in [-0.1, -0.05) is 212 Å². The van der Waals surface area contributed by atoms with Crippen molar-refractivity contribution in [3.05, 3.63) is 251 Å². The molecule has 7 aromatic rings. The number of hydrogen-bond acceptors (Lipinski definition) is 11. The minimum Gasteiger partial charge on any atom is -0.396 e. The van der Waals surface area contributed by atoms with Gasteiger partial charge in [-0.3, -0.25) is 4.79 Å². The van der Waals surface area contributed by atoms with Gasteiger partial charge in [0.2, 0.25) is 0 Å². The predicted octanol–water partition coefficient (Wildman–Crippen LogP) is 9.66. The van der Waals surface area contributed by atoms with E-state index < -0.39 is 73.6 Å². The summed E-state index contributed by atoms with van der Waals surface area (Å²) in [5.41, 5.74) is 6.75. The number of carbonyl (C=O) groups excluding carboxylic acids is 1. The van der Waals surface area contributed by atoms with Gasteiger partial charge in [-0.05, 0) is 38.9 Å². The monoisotopic (exact) mass is 1030 g/mol. The Balaban J connectivity index is 1.00. The van der Waals surface area contributed by atoms with E-state index in [0.717, 1.165) is 38.9 Å². The van der Waals surface area contributed by atoms with E-state index in [-0.39, 0.29) is 52.2 Å². The molecule has 76 heavy (non-hydrogen) atoms. The Bertz CT molecular complexity index is 2770. The van der Waals surface area contributed by atoms with Crippen LogP contribution in [0.1, 0.15) is 38.9 Å². The summed E-state index contributed by atoms with van der Waals surface area (Å²) in [4.78, 5) is 17.5. The molecule has 10 rings (SSSR count). The molecule has 3 aliphatic heterocycles. The van der Waals surface area contributed by atoms with Crippen molar-refractivity contribution in [3.8, 4) is 0 Å². The fourth-order valence-corrected chi connectivity index (χ4v) is 10.6. The SMILES string of the molecule is O=C1[C@H](O[C@H]2O[C@H](COCc3ccccc3)[C@@H](OCc3ccccc3)[C@H](OCc3ccccc3)[C@H]2OCc2ccccc2)[C@@H](CO)[C@@H]2[C@@H](OCc3ccccc3)[C@H](OCc3ccccc3)[C@@H](COCc3ccccc3)N12. The van der Waals surface area contributed by atoms with Crippen molar-refractivity contribution < 1.29 is 52.5 Å². The van der Waals surface area contributed by atoms with Gasteiger partial charge in [0.25, 0.3) is 5.91 Å². The molecule has 0 saturated carbocycles. The Labute approximate surface area is 446 Å². The van der Waals surface area contributed by atoms with Crippen LogP contribution in [0.5, 0.6) is 0 Å². The molecule has 0 aromatic heterocycles. The third-order valence-electron chi connectivity index (χ3n) is 14.3. The quantitative estimate of drug-likeness (QED) is 0.0558. The van der Waals surface area contributed by atoms with Gasteiger partial charge in [0.1, 0.15) is 42.7 Å². The Morgan fingerprint density at radius 1 is 0.395 bits per heavy atom. The normalized spacial score (nSPS) is 25.1. The van der Waals surface area contributed by atoms with Crippen LogP contribution >= 0.6 is 0 Å². The number of fused-ring (bicyclic) bond motifs is 1. The first kappa shape index (κ1) is 53.0. The fourth-order valence-electron chi connectivity index (χ4n) is 10.6. The number of rotatable bonds is 26. The molecule has 12 heteroatoms. The third-order valence-corrected chi connectivity index (χ3v) is 14.3. The standard InChI is InChI=1S/C64H67NO11/c66-36-53-56-60(72-41-50-30-16-5-17-31-50)58(70-39-48-26-12-3-13-27-48)54(44-68-37-46-22-8-1-9-23-46)65(56)63(67)57(53)76-64-62(74-43-52-34-20-7-21-35-52)61(73-42-51-32-18-6-19-33-51)59(71-40-49-28-14-4-15-29-49)55(75-64)45-69-38-47-24-10-2-11-25-47/h1-35,53-62,64,66H,36-45H2/t53-,54+,55+,56+,57+,58+,59+,60+,61-,62+,64+/m0/s1. The number of aliphatic hydroxyl groups is 1. The van der Waals surface area contributed by atoms with E-state index in [1.165, 1.54) is 0 Å². The molecule has 11 atom stereocenters. The number of amides is 1. The van der Waals surface area contributed by atoms with Gasteiger partial charge in [-0.2, -0.15) is 0 Å². The van der Waals surface area contributed by atoms with Crippen molar-refractivity contribution in [3.63, 3.8) is 0 Å². The van der Waals surface area contributed by atoms with E-state index in [9.17, 15) is 5.11 Å². The zero-order valence-corrected chi connectivity index (χ0v) is 42.6. The van der Waals surface area contributed by atoms with Crippen LogP contribution in [0, 0.1) is 5.92 Å². The van der Waals surface area contributed by atoms with Crippen LogP contribution in [0.3, 0.4) is 0 Å². The lowest BCUT2D eigenvalue weighted by atomic mass is 9.92. The molecule has 7 aromatic carbocycles. The van der Waals surface area contributed by atoms with Crippen LogP contribution in [-0.2, 0) is 93.7 Å². The molecular weight excluding hydrogens is 959 g/mol. The summed E-state index contributed by atoms with van der Waals surface area (Å²) in [7, 11) is 0. The highest BCUT2D eigenvalue weighted by molar-refractivity contribution is 5.85. The second-order valence-electron chi connectivity index (χ2n) is 19.6. The molecule has 12 nitrogen and oxygen atoms in total. The van der Waals surface area contributed by atoms with Gasteiger partial charge < -0.3 is 52.6 Å². The largest absolute Gasteiger partial charge is 0.396 e. The molecule has 1 amide bonds. The number of benzene rings is 7. The summed E-state index contributed by atoms with van der Waals surface area (Å²) in [5, 5.41) is 11.7. The molecule has 0 spiro atoms. The van der Waals surface area contributed by atoms with Gasteiger partial charge in [-0.15, -0.1) is 0 Å². The van der Waals surface area contributed by atoms with Crippen LogP contribution in [0.25, 0.3) is 0 Å². The topological polar surface area (TPSA) is 124 Å². The third kappa shape index (κ3) is 13.6. The molecule has 3 heterocycles. The molecule has 3 aliphatic rings. The van der Waals surface area contributed by atoms with Crippen LogP contribution in [0.2, 0.25) is 0 Å². The van der Waals surface area contributed by atoms with Crippen LogP contribution in [0.15, 0.2) is 212 Å². The molecule has 0 aliphatic carbocycles. The Morgan fingerprint density at radius 3 is 1.14 bits per heavy atom. The first-order valence-electron chi connectivity index (χ1n) is 26.3. The number of aliphatic hydroxyl groups excluding tert-OH is 1. The zero-order chi connectivity index (χ0) is 51.7.